The first-order valence-electron chi connectivity index (χ1n) is 9.66. The number of amides is 1. The molecule has 2 aromatic heterocycles. The van der Waals surface area contributed by atoms with Crippen molar-refractivity contribution >= 4 is 16.8 Å². The summed E-state index contributed by atoms with van der Waals surface area (Å²) in [6, 6.07) is 5.20. The van der Waals surface area contributed by atoms with Gasteiger partial charge in [-0.15, -0.1) is 0 Å². The number of halogens is 2. The lowest BCUT2D eigenvalue weighted by atomic mass is 10.1. The van der Waals surface area contributed by atoms with E-state index >= 15 is 0 Å². The summed E-state index contributed by atoms with van der Waals surface area (Å²) in [6.07, 6.45) is 3.48. The molecule has 0 bridgehead atoms. The Balaban J connectivity index is 1.72. The highest BCUT2D eigenvalue weighted by atomic mass is 19.1. The van der Waals surface area contributed by atoms with E-state index in [1.807, 2.05) is 10.8 Å². The summed E-state index contributed by atoms with van der Waals surface area (Å²) < 4.78 is 34.7. The first-order chi connectivity index (χ1) is 14.5. The summed E-state index contributed by atoms with van der Waals surface area (Å²) in [7, 11) is 0. The maximum absolute atomic E-state index is 14.2. The molecular weight excluding hydrogens is 394 g/mol. The van der Waals surface area contributed by atoms with Crippen LogP contribution in [0.4, 0.5) is 8.78 Å². The number of rotatable bonds is 6. The molecule has 30 heavy (non-hydrogen) atoms. The lowest BCUT2D eigenvalue weighted by molar-refractivity contribution is 0.0343. The average molecular weight is 416 g/mol. The van der Waals surface area contributed by atoms with Gasteiger partial charge < -0.3 is 19.7 Å². The first kappa shape index (κ1) is 20.4. The van der Waals surface area contributed by atoms with Crippen LogP contribution < -0.4 is 5.32 Å². The number of hydrogen-bond donors (Lipinski definition) is 2. The van der Waals surface area contributed by atoms with E-state index in [1.165, 1.54) is 12.1 Å². The highest BCUT2D eigenvalue weighted by Crippen LogP contribution is 2.25. The Labute approximate surface area is 171 Å². The fourth-order valence-electron chi connectivity index (χ4n) is 3.64. The van der Waals surface area contributed by atoms with E-state index in [9.17, 15) is 13.6 Å². The molecule has 2 N–H and O–H groups in total. The van der Waals surface area contributed by atoms with Gasteiger partial charge in [-0.2, -0.15) is 0 Å². The fraction of sp³-hybridized carbons (Fsp3) is 0.333. The van der Waals surface area contributed by atoms with E-state index in [2.05, 4.69) is 15.2 Å². The summed E-state index contributed by atoms with van der Waals surface area (Å²) in [4.78, 5) is 18.5. The standard InChI is InChI=1S/C21H22F2N4O3/c22-16-2-1-14(18(23)7-16)11-27-12-15(10-26-3-5-30-6-4-26)17-8-19(21(29)25-13-28)24-9-20(17)27/h1-2,7-9,12,28H,3-6,10-11,13H2,(H,25,29). The number of hydrogen-bond acceptors (Lipinski definition) is 5. The highest BCUT2D eigenvalue weighted by Gasteiger charge is 2.18. The first-order valence-corrected chi connectivity index (χ1v) is 9.66. The van der Waals surface area contributed by atoms with Gasteiger partial charge in [0.25, 0.3) is 5.91 Å². The third kappa shape index (κ3) is 4.33. The summed E-state index contributed by atoms with van der Waals surface area (Å²) in [5.41, 5.74) is 2.25. The maximum atomic E-state index is 14.2. The minimum Gasteiger partial charge on any atom is -0.379 e. The number of aliphatic hydroxyl groups excluding tert-OH is 1. The predicted molar refractivity (Wildman–Crippen MR) is 106 cm³/mol. The highest BCUT2D eigenvalue weighted by molar-refractivity contribution is 5.96. The molecule has 1 aromatic carbocycles. The number of nitrogens with one attached hydrogen (secondary N) is 1. The van der Waals surface area contributed by atoms with Gasteiger partial charge in [0, 0.05) is 42.8 Å². The number of ether oxygens (including phenoxy) is 1. The number of aliphatic hydroxyl groups is 1. The molecule has 1 aliphatic rings. The second-order valence-corrected chi connectivity index (χ2v) is 7.16. The number of aromatic nitrogens is 2. The monoisotopic (exact) mass is 416 g/mol. The van der Waals surface area contributed by atoms with Gasteiger partial charge in [0.05, 0.1) is 31.5 Å². The molecule has 9 heteroatoms. The van der Waals surface area contributed by atoms with E-state index in [4.69, 9.17) is 9.84 Å². The molecule has 0 spiro atoms. The third-order valence-corrected chi connectivity index (χ3v) is 5.18. The van der Waals surface area contributed by atoms with E-state index in [0.717, 1.165) is 35.6 Å². The quantitative estimate of drug-likeness (QED) is 0.600. The molecule has 4 rings (SSSR count). The molecule has 7 nitrogen and oxygen atoms in total. The van der Waals surface area contributed by atoms with Crippen molar-refractivity contribution in [1.82, 2.24) is 19.8 Å². The number of carbonyl (C=O) groups excluding carboxylic acids is 1. The number of carbonyl (C=O) groups is 1. The van der Waals surface area contributed by atoms with Gasteiger partial charge in [-0.05, 0) is 17.7 Å². The summed E-state index contributed by atoms with van der Waals surface area (Å²) in [5, 5.41) is 12.1. The largest absolute Gasteiger partial charge is 0.379 e. The van der Waals surface area contributed by atoms with E-state index < -0.39 is 24.3 Å². The molecule has 1 saturated heterocycles. The SMILES string of the molecule is O=C(NCO)c1cc2c(CN3CCOCC3)cn(Cc3ccc(F)cc3F)c2cn1. The molecular formula is C21H22F2N4O3. The van der Waals surface area contributed by atoms with Crippen LogP contribution in [0, 0.1) is 11.6 Å². The van der Waals surface area contributed by atoms with Gasteiger partial charge in [-0.1, -0.05) is 6.07 Å². The van der Waals surface area contributed by atoms with Crippen molar-refractivity contribution in [3.63, 3.8) is 0 Å². The Bertz CT molecular complexity index is 1060. The molecule has 1 aliphatic heterocycles. The van der Waals surface area contributed by atoms with E-state index in [0.29, 0.717) is 25.3 Å². The Morgan fingerprint density at radius 1 is 1.17 bits per heavy atom. The molecule has 3 heterocycles. The Morgan fingerprint density at radius 3 is 2.70 bits per heavy atom. The molecule has 0 radical (unpaired) electrons. The molecule has 0 unspecified atom stereocenters. The van der Waals surface area contributed by atoms with Crippen molar-refractivity contribution in [1.29, 1.82) is 0 Å². The minimum absolute atomic E-state index is 0.186. The smallest absolute Gasteiger partial charge is 0.271 e. The summed E-state index contributed by atoms with van der Waals surface area (Å²) >= 11 is 0. The zero-order valence-corrected chi connectivity index (χ0v) is 16.3. The Morgan fingerprint density at radius 2 is 1.97 bits per heavy atom. The number of pyridine rings is 1. The van der Waals surface area contributed by atoms with Crippen LogP contribution >= 0.6 is 0 Å². The third-order valence-electron chi connectivity index (χ3n) is 5.18. The van der Waals surface area contributed by atoms with Crippen molar-refractivity contribution in [2.24, 2.45) is 0 Å². The predicted octanol–water partition coefficient (Wildman–Crippen LogP) is 1.87. The molecule has 1 amide bonds. The van der Waals surface area contributed by atoms with Gasteiger partial charge in [0.1, 0.15) is 24.1 Å². The Kier molecular flexibility index (Phi) is 6.03. The van der Waals surface area contributed by atoms with Crippen molar-refractivity contribution in [3.05, 3.63) is 65.1 Å². The lowest BCUT2D eigenvalue weighted by Gasteiger charge is -2.26. The van der Waals surface area contributed by atoms with Crippen LogP contribution in [0.25, 0.3) is 10.9 Å². The van der Waals surface area contributed by atoms with Crippen molar-refractivity contribution < 1.29 is 23.4 Å². The lowest BCUT2D eigenvalue weighted by Crippen LogP contribution is -2.35. The zero-order chi connectivity index (χ0) is 21.1. The molecule has 3 aromatic rings. The van der Waals surface area contributed by atoms with Crippen LogP contribution in [-0.4, -0.2) is 58.5 Å². The normalized spacial score (nSPS) is 14.9. The molecule has 158 valence electrons. The van der Waals surface area contributed by atoms with Crippen LogP contribution in [0.5, 0.6) is 0 Å². The summed E-state index contributed by atoms with van der Waals surface area (Å²) in [5.74, 6) is -1.71. The van der Waals surface area contributed by atoms with Gasteiger partial charge in [-0.3, -0.25) is 9.69 Å². The summed E-state index contributed by atoms with van der Waals surface area (Å²) in [6.45, 7) is 3.27. The topological polar surface area (TPSA) is 79.6 Å². The average Bonchev–Trinajstić information content (AvgIpc) is 3.07. The molecule has 1 fully saturated rings. The number of nitrogens with zero attached hydrogens (tertiary/aromatic N) is 3. The fourth-order valence-corrected chi connectivity index (χ4v) is 3.64. The number of benzene rings is 1. The molecule has 0 aliphatic carbocycles. The maximum Gasteiger partial charge on any atom is 0.271 e. The molecule has 0 atom stereocenters. The number of fused-ring (bicyclic) bond motifs is 1. The van der Waals surface area contributed by atoms with Gasteiger partial charge in [0.2, 0.25) is 0 Å². The zero-order valence-electron chi connectivity index (χ0n) is 16.3. The molecule has 0 saturated carbocycles. The van der Waals surface area contributed by atoms with Crippen molar-refractivity contribution in [2.45, 2.75) is 13.1 Å². The van der Waals surface area contributed by atoms with Gasteiger partial charge >= 0.3 is 0 Å². The van der Waals surface area contributed by atoms with Crippen LogP contribution in [0.3, 0.4) is 0 Å². The van der Waals surface area contributed by atoms with Crippen LogP contribution in [0.15, 0.2) is 36.7 Å². The Hall–Kier alpha value is -2.88. The van der Waals surface area contributed by atoms with Gasteiger partial charge in [-0.25, -0.2) is 13.8 Å². The van der Waals surface area contributed by atoms with Crippen LogP contribution in [0.1, 0.15) is 21.6 Å². The van der Waals surface area contributed by atoms with Crippen LogP contribution in [0.2, 0.25) is 0 Å². The van der Waals surface area contributed by atoms with Crippen molar-refractivity contribution in [2.75, 3.05) is 33.0 Å². The van der Waals surface area contributed by atoms with E-state index in [-0.39, 0.29) is 12.2 Å². The van der Waals surface area contributed by atoms with Crippen molar-refractivity contribution in [3.8, 4) is 0 Å². The van der Waals surface area contributed by atoms with Crippen LogP contribution in [-0.2, 0) is 17.8 Å². The van der Waals surface area contributed by atoms with Gasteiger partial charge in [0.15, 0.2) is 0 Å². The second kappa shape index (κ2) is 8.86. The number of morpholine rings is 1. The van der Waals surface area contributed by atoms with E-state index in [1.54, 1.807) is 12.3 Å². The minimum atomic E-state index is -0.622. The second-order valence-electron chi connectivity index (χ2n) is 7.16.